The van der Waals surface area contributed by atoms with Gasteiger partial charge in [-0.05, 0) is 23.8 Å². The van der Waals surface area contributed by atoms with Crippen molar-refractivity contribution in [3.63, 3.8) is 0 Å². The van der Waals surface area contributed by atoms with Crippen molar-refractivity contribution < 1.29 is 9.18 Å². The Bertz CT molecular complexity index is 704. The zero-order chi connectivity index (χ0) is 15.1. The number of halogens is 1. The lowest BCUT2D eigenvalue weighted by molar-refractivity contribution is 0.0950. The maximum absolute atomic E-state index is 13.0. The van der Waals surface area contributed by atoms with Crippen molar-refractivity contribution in [2.24, 2.45) is 5.73 Å². The molecule has 1 heterocycles. The van der Waals surface area contributed by atoms with Crippen LogP contribution in [0.1, 0.15) is 21.5 Å². The molecule has 1 aromatic heterocycles. The number of nitrogens with zero attached hydrogens (tertiary/aromatic N) is 1. The van der Waals surface area contributed by atoms with Gasteiger partial charge in [0.15, 0.2) is 0 Å². The SMILES string of the molecule is NCC#Cc1cncc(C(=O)NCc2cccc(F)c2)c1. The van der Waals surface area contributed by atoms with Crippen LogP contribution in [0.4, 0.5) is 4.39 Å². The molecule has 0 aliphatic heterocycles. The first-order valence-electron chi connectivity index (χ1n) is 6.35. The first-order valence-corrected chi connectivity index (χ1v) is 6.35. The molecule has 0 atom stereocenters. The van der Waals surface area contributed by atoms with Gasteiger partial charge in [-0.1, -0.05) is 24.0 Å². The number of benzene rings is 1. The molecule has 0 bridgehead atoms. The summed E-state index contributed by atoms with van der Waals surface area (Å²) in [6.45, 7) is 0.491. The normalized spacial score (nSPS) is 9.62. The summed E-state index contributed by atoms with van der Waals surface area (Å²) >= 11 is 0. The lowest BCUT2D eigenvalue weighted by atomic mass is 10.2. The minimum Gasteiger partial charge on any atom is -0.348 e. The van der Waals surface area contributed by atoms with Gasteiger partial charge >= 0.3 is 0 Å². The molecule has 2 rings (SSSR count). The number of pyridine rings is 1. The fourth-order valence-corrected chi connectivity index (χ4v) is 1.72. The Balaban J connectivity index is 2.03. The molecule has 4 nitrogen and oxygen atoms in total. The molecule has 21 heavy (non-hydrogen) atoms. The minimum absolute atomic E-state index is 0.245. The third-order valence-electron chi connectivity index (χ3n) is 2.68. The number of carbonyl (C=O) groups is 1. The summed E-state index contributed by atoms with van der Waals surface area (Å²) in [5, 5.41) is 2.71. The second kappa shape index (κ2) is 7.17. The Morgan fingerprint density at radius 2 is 2.19 bits per heavy atom. The molecule has 2 aromatic rings. The third-order valence-corrected chi connectivity index (χ3v) is 2.68. The van der Waals surface area contributed by atoms with E-state index in [-0.39, 0.29) is 24.8 Å². The number of nitrogens with one attached hydrogen (secondary N) is 1. The van der Waals surface area contributed by atoms with Crippen LogP contribution in [-0.2, 0) is 6.54 Å². The van der Waals surface area contributed by atoms with Gasteiger partial charge in [-0.15, -0.1) is 0 Å². The molecule has 5 heteroatoms. The van der Waals surface area contributed by atoms with Crippen LogP contribution in [0.15, 0.2) is 42.7 Å². The van der Waals surface area contributed by atoms with E-state index in [2.05, 4.69) is 22.1 Å². The van der Waals surface area contributed by atoms with Crippen LogP contribution >= 0.6 is 0 Å². The predicted molar refractivity (Wildman–Crippen MR) is 77.7 cm³/mol. The smallest absolute Gasteiger partial charge is 0.253 e. The molecule has 0 radical (unpaired) electrons. The number of rotatable bonds is 3. The van der Waals surface area contributed by atoms with E-state index in [0.29, 0.717) is 16.7 Å². The van der Waals surface area contributed by atoms with E-state index >= 15 is 0 Å². The number of aromatic nitrogens is 1. The average molecular weight is 283 g/mol. The van der Waals surface area contributed by atoms with E-state index < -0.39 is 0 Å². The molecule has 0 spiro atoms. The van der Waals surface area contributed by atoms with E-state index in [0.717, 1.165) is 0 Å². The highest BCUT2D eigenvalue weighted by atomic mass is 19.1. The second-order valence-electron chi connectivity index (χ2n) is 4.28. The zero-order valence-electron chi connectivity index (χ0n) is 11.3. The van der Waals surface area contributed by atoms with Crippen LogP contribution in [0.25, 0.3) is 0 Å². The zero-order valence-corrected chi connectivity index (χ0v) is 11.3. The van der Waals surface area contributed by atoms with Crippen LogP contribution < -0.4 is 11.1 Å². The molecule has 0 aliphatic rings. The van der Waals surface area contributed by atoms with Gasteiger partial charge in [-0.3, -0.25) is 9.78 Å². The van der Waals surface area contributed by atoms with Crippen molar-refractivity contribution in [3.8, 4) is 11.8 Å². The molecule has 0 saturated heterocycles. The fourth-order valence-electron chi connectivity index (χ4n) is 1.72. The van der Waals surface area contributed by atoms with Gasteiger partial charge < -0.3 is 11.1 Å². The van der Waals surface area contributed by atoms with Crippen LogP contribution in [0, 0.1) is 17.7 Å². The van der Waals surface area contributed by atoms with Crippen LogP contribution in [0.5, 0.6) is 0 Å². The standard InChI is InChI=1S/C16H14FN3O/c17-15-5-1-3-13(8-15)10-20-16(21)14-7-12(4-2-6-18)9-19-11-14/h1,3,5,7-9,11H,6,10,18H2,(H,20,21). The largest absolute Gasteiger partial charge is 0.348 e. The van der Waals surface area contributed by atoms with Crippen LogP contribution in [0.3, 0.4) is 0 Å². The summed E-state index contributed by atoms with van der Waals surface area (Å²) in [5.41, 5.74) is 7.01. The van der Waals surface area contributed by atoms with Gasteiger partial charge in [-0.25, -0.2) is 4.39 Å². The maximum Gasteiger partial charge on any atom is 0.253 e. The average Bonchev–Trinajstić information content (AvgIpc) is 2.51. The van der Waals surface area contributed by atoms with Crippen molar-refractivity contribution in [2.45, 2.75) is 6.54 Å². The highest BCUT2D eigenvalue weighted by Gasteiger charge is 2.06. The fraction of sp³-hybridized carbons (Fsp3) is 0.125. The maximum atomic E-state index is 13.0. The summed E-state index contributed by atoms with van der Waals surface area (Å²) < 4.78 is 13.0. The third kappa shape index (κ3) is 4.41. The quantitative estimate of drug-likeness (QED) is 0.838. The summed E-state index contributed by atoms with van der Waals surface area (Å²) in [7, 11) is 0. The Labute approximate surface area is 122 Å². The van der Waals surface area contributed by atoms with E-state index in [1.54, 1.807) is 24.4 Å². The van der Waals surface area contributed by atoms with Gasteiger partial charge in [0.25, 0.3) is 5.91 Å². The van der Waals surface area contributed by atoms with E-state index in [9.17, 15) is 9.18 Å². The number of carbonyl (C=O) groups excluding carboxylic acids is 1. The monoisotopic (exact) mass is 283 g/mol. The van der Waals surface area contributed by atoms with Crippen molar-refractivity contribution in [1.82, 2.24) is 10.3 Å². The first kappa shape index (κ1) is 14.7. The van der Waals surface area contributed by atoms with Crippen molar-refractivity contribution in [2.75, 3.05) is 6.54 Å². The highest BCUT2D eigenvalue weighted by Crippen LogP contribution is 2.05. The van der Waals surface area contributed by atoms with Gasteiger partial charge in [-0.2, -0.15) is 0 Å². The Morgan fingerprint density at radius 3 is 2.95 bits per heavy atom. The van der Waals surface area contributed by atoms with Gasteiger partial charge in [0.2, 0.25) is 0 Å². The van der Waals surface area contributed by atoms with E-state index in [4.69, 9.17) is 5.73 Å². The van der Waals surface area contributed by atoms with Gasteiger partial charge in [0.05, 0.1) is 12.1 Å². The molecule has 3 N–H and O–H groups in total. The summed E-state index contributed by atoms with van der Waals surface area (Å²) in [6, 6.07) is 7.71. The number of amides is 1. The van der Waals surface area contributed by atoms with Gasteiger partial charge in [0.1, 0.15) is 5.82 Å². The van der Waals surface area contributed by atoms with Crippen molar-refractivity contribution >= 4 is 5.91 Å². The van der Waals surface area contributed by atoms with Crippen molar-refractivity contribution in [3.05, 3.63) is 65.2 Å². The number of hydrogen-bond donors (Lipinski definition) is 2. The van der Waals surface area contributed by atoms with Crippen LogP contribution in [-0.4, -0.2) is 17.4 Å². The molecule has 1 amide bonds. The highest BCUT2D eigenvalue weighted by molar-refractivity contribution is 5.94. The summed E-state index contributed by atoms with van der Waals surface area (Å²) in [4.78, 5) is 16.0. The number of hydrogen-bond acceptors (Lipinski definition) is 3. The Morgan fingerprint density at radius 1 is 1.33 bits per heavy atom. The van der Waals surface area contributed by atoms with E-state index in [1.807, 2.05) is 0 Å². The first-order chi connectivity index (χ1) is 10.2. The second-order valence-corrected chi connectivity index (χ2v) is 4.28. The minimum atomic E-state index is -0.331. The molecular weight excluding hydrogens is 269 g/mol. The Hall–Kier alpha value is -2.71. The molecule has 1 aromatic carbocycles. The summed E-state index contributed by atoms with van der Waals surface area (Å²) in [6.07, 6.45) is 3.01. The van der Waals surface area contributed by atoms with Gasteiger partial charge in [0, 0.05) is 24.5 Å². The Kier molecular flexibility index (Phi) is 5.02. The van der Waals surface area contributed by atoms with Crippen molar-refractivity contribution in [1.29, 1.82) is 0 Å². The lowest BCUT2D eigenvalue weighted by Gasteiger charge is -2.05. The predicted octanol–water partition coefficient (Wildman–Crippen LogP) is 1.46. The number of nitrogens with two attached hydrogens (primary N) is 1. The molecule has 0 saturated carbocycles. The topological polar surface area (TPSA) is 68.0 Å². The molecule has 0 aliphatic carbocycles. The molecule has 0 fully saturated rings. The molecular formula is C16H14FN3O. The molecule has 106 valence electrons. The van der Waals surface area contributed by atoms with E-state index in [1.165, 1.54) is 18.3 Å². The molecule has 0 unspecified atom stereocenters. The van der Waals surface area contributed by atoms with Crippen LogP contribution in [0.2, 0.25) is 0 Å². The lowest BCUT2D eigenvalue weighted by Crippen LogP contribution is -2.23. The summed E-state index contributed by atoms with van der Waals surface area (Å²) in [5.74, 6) is 4.89.